The molecule has 2 aliphatic heterocycles. The van der Waals surface area contributed by atoms with Crippen molar-refractivity contribution in [1.82, 2.24) is 5.32 Å². The van der Waals surface area contributed by atoms with Gasteiger partial charge in [-0.05, 0) is 24.5 Å². The van der Waals surface area contributed by atoms with Crippen molar-refractivity contribution in [3.8, 4) is 0 Å². The van der Waals surface area contributed by atoms with Crippen LogP contribution in [0.2, 0.25) is 5.02 Å². The summed E-state index contributed by atoms with van der Waals surface area (Å²) in [7, 11) is 0. The Balaban J connectivity index is 1.98. The van der Waals surface area contributed by atoms with E-state index in [1.807, 2.05) is 18.2 Å². The van der Waals surface area contributed by atoms with E-state index in [2.05, 4.69) is 11.4 Å². The first kappa shape index (κ1) is 9.64. The summed E-state index contributed by atoms with van der Waals surface area (Å²) in [6, 6.07) is 9.33. The van der Waals surface area contributed by atoms with Gasteiger partial charge in [-0.2, -0.15) is 0 Å². The molecule has 2 fully saturated rings. The second-order valence-corrected chi connectivity index (χ2v) is 4.99. The quantitative estimate of drug-likeness (QED) is 0.762. The van der Waals surface area contributed by atoms with Crippen LogP contribution in [-0.4, -0.2) is 18.1 Å². The summed E-state index contributed by atoms with van der Waals surface area (Å²) in [6.07, 6.45) is 2.45. The molecule has 80 valence electrons. The molecule has 3 heteroatoms. The van der Waals surface area contributed by atoms with Gasteiger partial charge in [-0.25, -0.2) is 0 Å². The van der Waals surface area contributed by atoms with E-state index in [1.54, 1.807) is 0 Å². The van der Waals surface area contributed by atoms with E-state index in [4.69, 9.17) is 17.3 Å². The molecule has 2 saturated heterocycles. The highest BCUT2D eigenvalue weighted by atomic mass is 35.5. The van der Waals surface area contributed by atoms with Crippen LogP contribution in [0.3, 0.4) is 0 Å². The Morgan fingerprint density at radius 3 is 2.60 bits per heavy atom. The van der Waals surface area contributed by atoms with Crippen LogP contribution in [0.15, 0.2) is 24.3 Å². The lowest BCUT2D eigenvalue weighted by molar-refractivity contribution is 0.444. The summed E-state index contributed by atoms with van der Waals surface area (Å²) in [6.45, 7) is 0. The molecule has 0 amide bonds. The molecule has 1 aromatic rings. The molecule has 15 heavy (non-hydrogen) atoms. The Bertz CT molecular complexity index is 378. The molecule has 3 N–H and O–H groups in total. The third-order valence-electron chi connectivity index (χ3n) is 3.79. The lowest BCUT2D eigenvalue weighted by Gasteiger charge is -2.27. The molecule has 2 aliphatic rings. The zero-order valence-corrected chi connectivity index (χ0v) is 9.24. The number of hydrogen-bond acceptors (Lipinski definition) is 2. The van der Waals surface area contributed by atoms with Crippen LogP contribution in [0.4, 0.5) is 0 Å². The van der Waals surface area contributed by atoms with E-state index in [0.29, 0.717) is 18.0 Å². The fourth-order valence-electron chi connectivity index (χ4n) is 3.08. The second kappa shape index (κ2) is 3.48. The zero-order valence-electron chi connectivity index (χ0n) is 8.49. The Hall–Kier alpha value is -0.570. The van der Waals surface area contributed by atoms with Crippen molar-refractivity contribution in [3.05, 3.63) is 34.9 Å². The van der Waals surface area contributed by atoms with Crippen LogP contribution >= 0.6 is 11.6 Å². The Morgan fingerprint density at radius 1 is 1.20 bits per heavy atom. The predicted molar refractivity (Wildman–Crippen MR) is 62.1 cm³/mol. The first-order valence-corrected chi connectivity index (χ1v) is 5.91. The minimum absolute atomic E-state index is 0.226. The largest absolute Gasteiger partial charge is 0.326 e. The van der Waals surface area contributed by atoms with E-state index in [-0.39, 0.29) is 6.04 Å². The first-order valence-electron chi connectivity index (χ1n) is 5.53. The van der Waals surface area contributed by atoms with Gasteiger partial charge in [0.05, 0.1) is 0 Å². The van der Waals surface area contributed by atoms with Crippen molar-refractivity contribution in [1.29, 1.82) is 0 Å². The maximum Gasteiger partial charge on any atom is 0.0442 e. The van der Waals surface area contributed by atoms with Crippen molar-refractivity contribution in [2.24, 2.45) is 5.73 Å². The standard InChI is InChI=1S/C12H15ClN2/c13-8-4-2-1-3-7(8)11-9-5-6-10(15-9)12(11)14/h1-4,9-12,15H,5-6,14H2. The summed E-state index contributed by atoms with van der Waals surface area (Å²) in [5.41, 5.74) is 7.46. The van der Waals surface area contributed by atoms with Crippen LogP contribution in [-0.2, 0) is 0 Å². The second-order valence-electron chi connectivity index (χ2n) is 4.58. The monoisotopic (exact) mass is 222 g/mol. The topological polar surface area (TPSA) is 38.0 Å². The van der Waals surface area contributed by atoms with Gasteiger partial charge in [0.1, 0.15) is 0 Å². The van der Waals surface area contributed by atoms with Crippen molar-refractivity contribution in [2.45, 2.75) is 36.9 Å². The van der Waals surface area contributed by atoms with Gasteiger partial charge in [0.25, 0.3) is 0 Å². The number of halogens is 1. The fourth-order valence-corrected chi connectivity index (χ4v) is 3.34. The summed E-state index contributed by atoms with van der Waals surface area (Å²) in [5.74, 6) is 0.400. The average molecular weight is 223 g/mol. The highest BCUT2D eigenvalue weighted by molar-refractivity contribution is 6.31. The van der Waals surface area contributed by atoms with Gasteiger partial charge in [-0.15, -0.1) is 0 Å². The molecule has 3 rings (SSSR count). The number of rotatable bonds is 1. The molecule has 1 aromatic carbocycles. The maximum atomic E-state index is 6.24. The molecule has 0 radical (unpaired) electrons. The molecule has 0 aromatic heterocycles. The van der Waals surface area contributed by atoms with Gasteiger partial charge < -0.3 is 11.1 Å². The number of fused-ring (bicyclic) bond motifs is 2. The summed E-state index contributed by atoms with van der Waals surface area (Å²) in [5, 5.41) is 4.42. The molecule has 0 spiro atoms. The molecule has 4 unspecified atom stereocenters. The van der Waals surface area contributed by atoms with Gasteiger partial charge in [-0.1, -0.05) is 29.8 Å². The van der Waals surface area contributed by atoms with E-state index in [1.165, 1.54) is 18.4 Å². The Labute approximate surface area is 94.8 Å². The lowest BCUT2D eigenvalue weighted by Crippen LogP contribution is -2.38. The SMILES string of the molecule is NC1C2CCC(N2)C1c1ccccc1Cl. The molecule has 0 aliphatic carbocycles. The average Bonchev–Trinajstić information content (AvgIpc) is 2.80. The molecular formula is C12H15ClN2. The highest BCUT2D eigenvalue weighted by Gasteiger charge is 2.46. The van der Waals surface area contributed by atoms with Crippen LogP contribution in [0.5, 0.6) is 0 Å². The van der Waals surface area contributed by atoms with Crippen LogP contribution < -0.4 is 11.1 Å². The van der Waals surface area contributed by atoms with Gasteiger partial charge in [-0.3, -0.25) is 0 Å². The van der Waals surface area contributed by atoms with Gasteiger partial charge in [0, 0.05) is 29.1 Å². The summed E-state index contributed by atoms with van der Waals surface area (Å²) < 4.78 is 0. The summed E-state index contributed by atoms with van der Waals surface area (Å²) in [4.78, 5) is 0. The Kier molecular flexibility index (Phi) is 2.23. The van der Waals surface area contributed by atoms with E-state index < -0.39 is 0 Å². The normalized spacial score (nSPS) is 38.5. The minimum atomic E-state index is 0.226. The van der Waals surface area contributed by atoms with Crippen molar-refractivity contribution in [2.75, 3.05) is 0 Å². The van der Waals surface area contributed by atoms with Gasteiger partial charge >= 0.3 is 0 Å². The third kappa shape index (κ3) is 1.40. The van der Waals surface area contributed by atoms with Crippen molar-refractivity contribution < 1.29 is 0 Å². The maximum absolute atomic E-state index is 6.24. The zero-order chi connectivity index (χ0) is 10.4. The van der Waals surface area contributed by atoms with Crippen LogP contribution in [0.25, 0.3) is 0 Å². The Morgan fingerprint density at radius 2 is 1.93 bits per heavy atom. The van der Waals surface area contributed by atoms with E-state index in [9.17, 15) is 0 Å². The van der Waals surface area contributed by atoms with E-state index in [0.717, 1.165) is 5.02 Å². The van der Waals surface area contributed by atoms with Gasteiger partial charge in [0.15, 0.2) is 0 Å². The summed E-state index contributed by atoms with van der Waals surface area (Å²) >= 11 is 6.22. The molecule has 2 heterocycles. The first-order chi connectivity index (χ1) is 7.27. The number of benzene rings is 1. The van der Waals surface area contributed by atoms with Crippen molar-refractivity contribution in [3.63, 3.8) is 0 Å². The smallest absolute Gasteiger partial charge is 0.0442 e. The van der Waals surface area contributed by atoms with Gasteiger partial charge in [0.2, 0.25) is 0 Å². The minimum Gasteiger partial charge on any atom is -0.326 e. The molecule has 4 atom stereocenters. The van der Waals surface area contributed by atoms with Crippen LogP contribution in [0, 0.1) is 0 Å². The third-order valence-corrected chi connectivity index (χ3v) is 4.14. The van der Waals surface area contributed by atoms with Crippen molar-refractivity contribution >= 4 is 11.6 Å². The molecule has 0 saturated carbocycles. The van der Waals surface area contributed by atoms with Crippen LogP contribution in [0.1, 0.15) is 24.3 Å². The number of hydrogen-bond donors (Lipinski definition) is 2. The molecule has 2 nitrogen and oxygen atoms in total. The molecule has 2 bridgehead atoms. The number of nitrogens with one attached hydrogen (secondary N) is 1. The fraction of sp³-hybridized carbons (Fsp3) is 0.500. The lowest BCUT2D eigenvalue weighted by atomic mass is 9.80. The van der Waals surface area contributed by atoms with E-state index >= 15 is 0 Å². The highest BCUT2D eigenvalue weighted by Crippen LogP contribution is 2.41. The predicted octanol–water partition coefficient (Wildman–Crippen LogP) is 1.89. The number of nitrogens with two attached hydrogens (primary N) is 1. The molecular weight excluding hydrogens is 208 g/mol.